The molecule has 0 N–H and O–H groups in total. The van der Waals surface area contributed by atoms with Gasteiger partial charge in [0.05, 0.1) is 0 Å². The van der Waals surface area contributed by atoms with Crippen LogP contribution in [0.25, 0.3) is 0 Å². The Hall–Kier alpha value is -1.63. The average molecular weight is 239 g/mol. The summed E-state index contributed by atoms with van der Waals surface area (Å²) in [6.07, 6.45) is 2.98. The Morgan fingerprint density at radius 1 is 0.833 bits per heavy atom. The molecule has 0 fully saturated rings. The molecule has 0 amide bonds. The molecule has 0 spiro atoms. The lowest BCUT2D eigenvalue weighted by Crippen LogP contribution is -1.99. The monoisotopic (exact) mass is 239 g/mol. The average Bonchev–Trinajstić information content (AvgIpc) is 2.34. The van der Waals surface area contributed by atoms with Gasteiger partial charge in [-0.25, -0.2) is 0 Å². The van der Waals surface area contributed by atoms with Crippen LogP contribution in [-0.2, 0) is 6.42 Å². The van der Waals surface area contributed by atoms with Gasteiger partial charge in [0.2, 0.25) is 0 Å². The Balaban J connectivity index is 2.40. The molecular formula is C17H21N. The zero-order chi connectivity index (χ0) is 13.3. The Kier molecular flexibility index (Phi) is 3.51. The molecule has 94 valence electrons. The second kappa shape index (κ2) is 4.93. The summed E-state index contributed by atoms with van der Waals surface area (Å²) in [7, 11) is 0. The number of pyridine rings is 1. The van der Waals surface area contributed by atoms with Crippen molar-refractivity contribution in [3.63, 3.8) is 0 Å². The topological polar surface area (TPSA) is 12.9 Å². The van der Waals surface area contributed by atoms with Gasteiger partial charge in [0.25, 0.3) is 0 Å². The van der Waals surface area contributed by atoms with Gasteiger partial charge in [-0.05, 0) is 80.5 Å². The van der Waals surface area contributed by atoms with E-state index in [1.165, 1.54) is 33.4 Å². The quantitative estimate of drug-likeness (QED) is 0.765. The predicted molar refractivity (Wildman–Crippen MR) is 77.2 cm³/mol. The molecule has 0 aliphatic heterocycles. The fourth-order valence-corrected chi connectivity index (χ4v) is 2.28. The molecule has 0 bridgehead atoms. The first-order chi connectivity index (χ1) is 8.49. The summed E-state index contributed by atoms with van der Waals surface area (Å²) < 4.78 is 0. The minimum Gasteiger partial charge on any atom is -0.261 e. The molecule has 0 aliphatic rings. The summed E-state index contributed by atoms with van der Waals surface area (Å²) in [6.45, 7) is 10.8. The standard InChI is InChI=1S/C17H21N/c1-11-6-7-16(15(5)14(11)4)9-17-8-13(3)18-10-12(17)2/h6-8,10H,9H2,1-5H3. The fraction of sp³-hybridized carbons (Fsp3) is 0.353. The zero-order valence-corrected chi connectivity index (χ0v) is 12.0. The molecule has 1 nitrogen and oxygen atoms in total. The van der Waals surface area contributed by atoms with Crippen molar-refractivity contribution >= 4 is 0 Å². The summed E-state index contributed by atoms with van der Waals surface area (Å²) in [6, 6.07) is 6.68. The second-order valence-corrected chi connectivity index (χ2v) is 5.22. The van der Waals surface area contributed by atoms with E-state index in [1.807, 2.05) is 6.20 Å². The number of hydrogen-bond acceptors (Lipinski definition) is 1. The van der Waals surface area contributed by atoms with Gasteiger partial charge >= 0.3 is 0 Å². The lowest BCUT2D eigenvalue weighted by molar-refractivity contribution is 1.06. The highest BCUT2D eigenvalue weighted by Gasteiger charge is 2.07. The lowest BCUT2D eigenvalue weighted by atomic mass is 9.93. The molecule has 0 saturated heterocycles. The number of hydrogen-bond donors (Lipinski definition) is 0. The third-order valence-corrected chi connectivity index (χ3v) is 3.90. The Morgan fingerprint density at radius 2 is 1.56 bits per heavy atom. The molecule has 0 radical (unpaired) electrons. The van der Waals surface area contributed by atoms with Crippen molar-refractivity contribution in [2.45, 2.75) is 41.0 Å². The highest BCUT2D eigenvalue weighted by atomic mass is 14.7. The van der Waals surface area contributed by atoms with E-state index >= 15 is 0 Å². The van der Waals surface area contributed by atoms with Gasteiger partial charge in [0.1, 0.15) is 0 Å². The molecule has 0 unspecified atom stereocenters. The van der Waals surface area contributed by atoms with Crippen molar-refractivity contribution < 1.29 is 0 Å². The maximum Gasteiger partial charge on any atom is 0.0375 e. The Bertz CT molecular complexity index is 582. The molecule has 1 heterocycles. The smallest absolute Gasteiger partial charge is 0.0375 e. The van der Waals surface area contributed by atoms with Crippen LogP contribution in [0.2, 0.25) is 0 Å². The van der Waals surface area contributed by atoms with Crippen LogP contribution in [0.3, 0.4) is 0 Å². The molecule has 2 aromatic rings. The Labute approximate surface area is 110 Å². The van der Waals surface area contributed by atoms with Crippen LogP contribution >= 0.6 is 0 Å². The van der Waals surface area contributed by atoms with Crippen molar-refractivity contribution in [1.29, 1.82) is 0 Å². The SMILES string of the molecule is Cc1cc(Cc2ccc(C)c(C)c2C)c(C)cn1. The lowest BCUT2D eigenvalue weighted by Gasteiger charge is -2.13. The number of rotatable bonds is 2. The van der Waals surface area contributed by atoms with Crippen molar-refractivity contribution in [1.82, 2.24) is 4.98 Å². The molecule has 2 rings (SSSR count). The van der Waals surface area contributed by atoms with E-state index in [4.69, 9.17) is 0 Å². The van der Waals surface area contributed by atoms with Gasteiger partial charge in [0, 0.05) is 11.9 Å². The zero-order valence-electron chi connectivity index (χ0n) is 12.0. The van der Waals surface area contributed by atoms with Crippen molar-refractivity contribution in [2.75, 3.05) is 0 Å². The summed E-state index contributed by atoms with van der Waals surface area (Å²) in [4.78, 5) is 4.34. The third-order valence-electron chi connectivity index (χ3n) is 3.90. The first-order valence-electron chi connectivity index (χ1n) is 6.47. The molecule has 0 atom stereocenters. The first-order valence-corrected chi connectivity index (χ1v) is 6.47. The molecular weight excluding hydrogens is 218 g/mol. The van der Waals surface area contributed by atoms with Gasteiger partial charge in [-0.2, -0.15) is 0 Å². The largest absolute Gasteiger partial charge is 0.261 e. The van der Waals surface area contributed by atoms with E-state index < -0.39 is 0 Å². The van der Waals surface area contributed by atoms with Gasteiger partial charge in [-0.3, -0.25) is 4.98 Å². The van der Waals surface area contributed by atoms with Crippen molar-refractivity contribution in [3.8, 4) is 0 Å². The van der Waals surface area contributed by atoms with E-state index in [0.29, 0.717) is 0 Å². The molecule has 1 aromatic carbocycles. The van der Waals surface area contributed by atoms with E-state index in [1.54, 1.807) is 0 Å². The highest BCUT2D eigenvalue weighted by Crippen LogP contribution is 2.21. The van der Waals surface area contributed by atoms with E-state index in [9.17, 15) is 0 Å². The number of benzene rings is 1. The van der Waals surface area contributed by atoms with Crippen molar-refractivity contribution in [2.24, 2.45) is 0 Å². The van der Waals surface area contributed by atoms with Crippen LogP contribution < -0.4 is 0 Å². The second-order valence-electron chi connectivity index (χ2n) is 5.22. The van der Waals surface area contributed by atoms with Gasteiger partial charge < -0.3 is 0 Å². The van der Waals surface area contributed by atoms with Crippen LogP contribution in [0.4, 0.5) is 0 Å². The number of nitrogens with zero attached hydrogens (tertiary/aromatic N) is 1. The normalized spacial score (nSPS) is 10.7. The van der Waals surface area contributed by atoms with E-state index in [0.717, 1.165) is 12.1 Å². The summed E-state index contributed by atoms with van der Waals surface area (Å²) in [5.74, 6) is 0. The molecule has 18 heavy (non-hydrogen) atoms. The van der Waals surface area contributed by atoms with Crippen LogP contribution in [0.15, 0.2) is 24.4 Å². The number of aromatic nitrogens is 1. The van der Waals surface area contributed by atoms with Gasteiger partial charge in [-0.15, -0.1) is 0 Å². The highest BCUT2D eigenvalue weighted by molar-refractivity contribution is 5.42. The first kappa shape index (κ1) is 12.8. The summed E-state index contributed by atoms with van der Waals surface area (Å²) >= 11 is 0. The summed E-state index contributed by atoms with van der Waals surface area (Å²) in [5.41, 5.74) is 9.38. The van der Waals surface area contributed by atoms with E-state index in [-0.39, 0.29) is 0 Å². The van der Waals surface area contributed by atoms with Crippen LogP contribution in [-0.4, -0.2) is 4.98 Å². The minimum atomic E-state index is 1.00. The molecule has 1 heteroatoms. The van der Waals surface area contributed by atoms with E-state index in [2.05, 4.69) is 57.8 Å². The third kappa shape index (κ3) is 2.45. The minimum absolute atomic E-state index is 1.00. The van der Waals surface area contributed by atoms with Gasteiger partial charge in [0.15, 0.2) is 0 Å². The fourth-order valence-electron chi connectivity index (χ4n) is 2.28. The van der Waals surface area contributed by atoms with Crippen molar-refractivity contribution in [3.05, 3.63) is 63.5 Å². The molecule has 1 aromatic heterocycles. The summed E-state index contributed by atoms with van der Waals surface area (Å²) in [5, 5.41) is 0. The van der Waals surface area contributed by atoms with Crippen LogP contribution in [0, 0.1) is 34.6 Å². The number of aryl methyl sites for hydroxylation is 3. The van der Waals surface area contributed by atoms with Gasteiger partial charge in [-0.1, -0.05) is 12.1 Å². The maximum atomic E-state index is 4.34. The molecule has 0 aliphatic carbocycles. The van der Waals surface area contributed by atoms with Crippen LogP contribution in [0.1, 0.15) is 39.1 Å². The van der Waals surface area contributed by atoms with Crippen LogP contribution in [0.5, 0.6) is 0 Å². The maximum absolute atomic E-state index is 4.34. The molecule has 0 saturated carbocycles. The Morgan fingerprint density at radius 3 is 2.28 bits per heavy atom. The predicted octanol–water partition coefficient (Wildman–Crippen LogP) is 4.21.